The van der Waals surface area contributed by atoms with Gasteiger partial charge in [-0.05, 0) is 187 Å². The van der Waals surface area contributed by atoms with Gasteiger partial charge in [0.2, 0.25) is 0 Å². The van der Waals surface area contributed by atoms with Gasteiger partial charge in [0.15, 0.2) is 18.2 Å². The second kappa shape index (κ2) is 32.9. The first-order valence-electron chi connectivity index (χ1n) is 41.2. The van der Waals surface area contributed by atoms with Crippen molar-refractivity contribution in [1.29, 1.82) is 0 Å². The molecule has 0 amide bonds. The van der Waals surface area contributed by atoms with E-state index in [1.54, 1.807) is 13.8 Å². The van der Waals surface area contributed by atoms with Crippen molar-refractivity contribution in [2.45, 2.75) is 404 Å². The van der Waals surface area contributed by atoms with Crippen LogP contribution in [0.5, 0.6) is 0 Å². The average Bonchev–Trinajstić information content (AvgIpc) is 0.782. The molecular weight excluding hydrogens is 1410 g/mol. The Labute approximate surface area is 659 Å². The molecule has 5 saturated heterocycles. The van der Waals surface area contributed by atoms with Crippen LogP contribution in [0.2, 0.25) is 0 Å². The molecule has 3 aliphatic carbocycles. The molecule has 0 radical (unpaired) electrons. The maximum atomic E-state index is 15.2. The van der Waals surface area contributed by atoms with Gasteiger partial charge in [-0.3, -0.25) is 38.4 Å². The molecule has 0 bridgehead atoms. The Bertz CT molecular complexity index is 3190. The number of carbonyl (C=O) groups is 8. The molecule has 3 saturated carbocycles. The van der Waals surface area contributed by atoms with E-state index in [-0.39, 0.29) is 76.6 Å². The third kappa shape index (κ3) is 26.5. The Morgan fingerprint density at radius 1 is 0.318 bits per heavy atom. The minimum Gasteiger partial charge on any atom is -0.465 e. The van der Waals surface area contributed by atoms with Crippen LogP contribution in [0.3, 0.4) is 0 Å². The van der Waals surface area contributed by atoms with E-state index in [0.29, 0.717) is 77.0 Å². The average molecular weight is 1560 g/mol. The van der Waals surface area contributed by atoms with Crippen LogP contribution in [0.15, 0.2) is 0 Å². The summed E-state index contributed by atoms with van der Waals surface area (Å²) >= 11 is 0. The van der Waals surface area contributed by atoms with E-state index < -0.39 is 185 Å². The predicted octanol–water partition coefficient (Wildman–Crippen LogP) is 14.6. The molecule has 23 nitrogen and oxygen atoms in total. The summed E-state index contributed by atoms with van der Waals surface area (Å²) < 4.78 is 76.3. The van der Waals surface area contributed by atoms with Crippen molar-refractivity contribution in [3.05, 3.63) is 0 Å². The molecule has 8 fully saturated rings. The molecule has 110 heavy (non-hydrogen) atoms. The van der Waals surface area contributed by atoms with Crippen LogP contribution in [0.4, 0.5) is 0 Å². The van der Waals surface area contributed by atoms with Crippen molar-refractivity contribution >= 4 is 47.8 Å². The molecule has 0 aromatic rings. The summed E-state index contributed by atoms with van der Waals surface area (Å²) in [6.45, 7) is 57.1. The van der Waals surface area contributed by atoms with Gasteiger partial charge in [0.1, 0.15) is 43.2 Å². The van der Waals surface area contributed by atoms with Crippen molar-refractivity contribution in [3.8, 4) is 0 Å². The SMILES string of the molecule is CC1(C)CC(OC(=O)CC(C(=O)OC2CC(C)(C)NC(C)(C)C2)C(CC(=O)OCC(C)(C)C2OCC3(CO2)COC(C(C)(C)OC(=O)CC(C(=O)OC2CC(C)(C)NC(C)(C)C2)C(CC(=O)OC2CC(C)(C)NC(C)(C)C2)C(=O)OC2CC(C)(C)CC(C)(C)C2)OC3)C(=O)OC2CC(C)(C)CC(C)(C)C2)CC(C)(C)C1. The minimum atomic E-state index is -1.53. The van der Waals surface area contributed by atoms with Crippen LogP contribution in [0.25, 0.3) is 0 Å². The number of rotatable bonds is 25. The van der Waals surface area contributed by atoms with Crippen LogP contribution in [0, 0.1) is 67.0 Å². The molecule has 630 valence electrons. The quantitative estimate of drug-likeness (QED) is 0.0565. The van der Waals surface area contributed by atoms with E-state index in [0.717, 1.165) is 19.3 Å². The summed E-state index contributed by atoms with van der Waals surface area (Å²) in [7, 11) is 0. The summed E-state index contributed by atoms with van der Waals surface area (Å²) in [4.78, 5) is 119. The molecule has 23 heteroatoms. The number of hydrogen-bond acceptors (Lipinski definition) is 23. The topological polar surface area (TPSA) is 283 Å². The lowest BCUT2D eigenvalue weighted by atomic mass is 9.64. The summed E-state index contributed by atoms with van der Waals surface area (Å²) in [6.07, 6.45) is 1.48. The van der Waals surface area contributed by atoms with E-state index in [2.05, 4.69) is 99.0 Å². The second-order valence-electron chi connectivity index (χ2n) is 45.5. The van der Waals surface area contributed by atoms with Crippen molar-refractivity contribution < 1.29 is 95.2 Å². The lowest BCUT2D eigenvalue weighted by Crippen LogP contribution is -2.60. The number of ether oxygens (including phenoxy) is 12. The molecule has 3 N–H and O–H groups in total. The van der Waals surface area contributed by atoms with Gasteiger partial charge in [0, 0.05) is 77.2 Å². The maximum absolute atomic E-state index is 15.2. The van der Waals surface area contributed by atoms with Crippen LogP contribution in [-0.4, -0.2) is 169 Å². The molecular formula is C87H147N3O20. The maximum Gasteiger partial charge on any atom is 0.310 e. The van der Waals surface area contributed by atoms with Crippen molar-refractivity contribution in [2.75, 3.05) is 33.0 Å². The van der Waals surface area contributed by atoms with Gasteiger partial charge in [0.05, 0.1) is 81.2 Å². The Hall–Kier alpha value is -4.52. The highest BCUT2D eigenvalue weighted by atomic mass is 16.7. The highest BCUT2D eigenvalue weighted by Gasteiger charge is 2.54. The third-order valence-corrected chi connectivity index (χ3v) is 23.8. The first kappa shape index (κ1) is 91.0. The fourth-order valence-electron chi connectivity index (χ4n) is 22.2. The zero-order valence-electron chi connectivity index (χ0n) is 73.1. The van der Waals surface area contributed by atoms with Crippen LogP contribution >= 0.6 is 0 Å². The van der Waals surface area contributed by atoms with Gasteiger partial charge in [-0.15, -0.1) is 0 Å². The molecule has 0 aromatic carbocycles. The van der Waals surface area contributed by atoms with Crippen molar-refractivity contribution in [3.63, 3.8) is 0 Å². The Kier molecular flexibility index (Phi) is 27.2. The molecule has 0 aromatic heterocycles. The summed E-state index contributed by atoms with van der Waals surface area (Å²) in [5, 5.41) is 10.9. The summed E-state index contributed by atoms with van der Waals surface area (Å²) in [5.41, 5.74) is -6.75. The standard InChI is InChI=1S/C87H147N3O20/c1-73(2)33-53(34-74(3,4)45-73)104-64(92)30-60(69(97)108-57-41-82(19,20)89-83(21,22)42-57)59(67(95)106-54-35-75(5,6)46-76(7,8)36-54)29-63(91)99-48-79(13,14)71-100-49-87(50-101-71)51-102-72(103-52-87)86(27,28)110-66(94)32-62(70(98)109-58-43-84(23,24)90-85(25,26)44-58)61(68(96)107-55-37-77(9,10)47-78(11,12)38-55)31-65(93)105-56-39-80(15,16)88-81(17,18)40-56/h53-62,71-72,88-90H,29-52H2,1-28H3. The van der Waals surface area contributed by atoms with E-state index in [1.807, 2.05) is 96.9 Å². The highest BCUT2D eigenvalue weighted by molar-refractivity contribution is 5.90. The van der Waals surface area contributed by atoms with E-state index >= 15 is 19.2 Å². The van der Waals surface area contributed by atoms with Crippen LogP contribution in [0.1, 0.15) is 316 Å². The van der Waals surface area contributed by atoms with Crippen molar-refractivity contribution in [1.82, 2.24) is 16.0 Å². The van der Waals surface area contributed by atoms with Crippen LogP contribution in [-0.2, 0) is 95.2 Å². The Morgan fingerprint density at radius 2 is 0.545 bits per heavy atom. The van der Waals surface area contributed by atoms with E-state index in [4.69, 9.17) is 56.8 Å². The summed E-state index contributed by atoms with van der Waals surface area (Å²) in [5.74, 6) is -12.2. The molecule has 5 aliphatic heterocycles. The monoisotopic (exact) mass is 1550 g/mol. The molecule has 4 atom stereocenters. The number of hydrogen-bond donors (Lipinski definition) is 3. The number of esters is 8. The van der Waals surface area contributed by atoms with E-state index in [1.165, 1.54) is 0 Å². The van der Waals surface area contributed by atoms with Gasteiger partial charge >= 0.3 is 47.8 Å². The normalized spacial score (nSPS) is 29.0. The van der Waals surface area contributed by atoms with Gasteiger partial charge in [-0.1, -0.05) is 96.9 Å². The first-order chi connectivity index (χ1) is 49.8. The van der Waals surface area contributed by atoms with Gasteiger partial charge in [-0.25, -0.2) is 0 Å². The predicted molar refractivity (Wildman–Crippen MR) is 416 cm³/mol. The van der Waals surface area contributed by atoms with Gasteiger partial charge in [0.25, 0.3) is 0 Å². The fraction of sp³-hybridized carbons (Fsp3) is 0.908. The van der Waals surface area contributed by atoms with Gasteiger partial charge < -0.3 is 72.8 Å². The van der Waals surface area contributed by atoms with Gasteiger partial charge in [-0.2, -0.15) is 0 Å². The zero-order chi connectivity index (χ0) is 82.6. The Morgan fingerprint density at radius 3 is 0.827 bits per heavy atom. The first-order valence-corrected chi connectivity index (χ1v) is 41.2. The summed E-state index contributed by atoms with van der Waals surface area (Å²) in [6, 6.07) is 0. The molecule has 1 spiro atoms. The molecule has 5 heterocycles. The number of carbonyl (C=O) groups excluding carboxylic acids is 8. The largest absolute Gasteiger partial charge is 0.465 e. The van der Waals surface area contributed by atoms with Crippen LogP contribution < -0.4 is 16.0 Å². The lowest BCUT2D eigenvalue weighted by molar-refractivity contribution is -0.341. The third-order valence-electron chi connectivity index (χ3n) is 23.8. The number of piperidine rings is 3. The number of nitrogens with one attached hydrogen (secondary N) is 3. The smallest absolute Gasteiger partial charge is 0.310 e. The molecule has 4 unspecified atom stereocenters. The molecule has 8 aliphatic rings. The zero-order valence-corrected chi connectivity index (χ0v) is 73.1. The lowest BCUT2D eigenvalue weighted by Gasteiger charge is -2.48. The molecule has 8 rings (SSSR count). The Balaban J connectivity index is 0.953. The fourth-order valence-corrected chi connectivity index (χ4v) is 22.2. The second-order valence-corrected chi connectivity index (χ2v) is 45.5. The van der Waals surface area contributed by atoms with E-state index in [9.17, 15) is 19.2 Å². The van der Waals surface area contributed by atoms with Crippen molar-refractivity contribution in [2.24, 2.45) is 67.0 Å². The minimum absolute atomic E-state index is 0.0448. The highest BCUT2D eigenvalue weighted by Crippen LogP contribution is 2.51.